The van der Waals surface area contributed by atoms with Crippen molar-refractivity contribution in [2.45, 2.75) is 26.7 Å². The number of aromatic nitrogens is 2. The second kappa shape index (κ2) is 6.62. The molecule has 0 saturated heterocycles. The number of nitrogens with one attached hydrogen (secondary N) is 1. The molecule has 1 heterocycles. The molecule has 0 fully saturated rings. The first-order chi connectivity index (χ1) is 9.90. The molecule has 0 spiro atoms. The van der Waals surface area contributed by atoms with E-state index in [0.717, 1.165) is 27.3 Å². The molecule has 1 aromatic carbocycles. The van der Waals surface area contributed by atoms with Crippen LogP contribution in [0.3, 0.4) is 0 Å². The molecular weight excluding hydrogens is 354 g/mol. The Balaban J connectivity index is 2.41. The maximum Gasteiger partial charge on any atom is 0.138 e. The van der Waals surface area contributed by atoms with Crippen LogP contribution in [0.2, 0.25) is 5.15 Å². The van der Waals surface area contributed by atoms with Crippen molar-refractivity contribution in [3.63, 3.8) is 0 Å². The van der Waals surface area contributed by atoms with Gasteiger partial charge in [-0.05, 0) is 19.1 Å². The number of anilines is 2. The third-order valence-electron chi connectivity index (χ3n) is 2.99. The summed E-state index contributed by atoms with van der Waals surface area (Å²) in [6.45, 7) is 5.96. The summed E-state index contributed by atoms with van der Waals surface area (Å²) >= 11 is 9.65. The molecule has 1 N–H and O–H groups in total. The molecule has 0 aliphatic carbocycles. The smallest absolute Gasteiger partial charge is 0.138 e. The third-order valence-corrected chi connectivity index (χ3v) is 3.82. The Morgan fingerprint density at radius 2 is 1.95 bits per heavy atom. The van der Waals surface area contributed by atoms with Crippen LogP contribution >= 0.6 is 27.5 Å². The summed E-state index contributed by atoms with van der Waals surface area (Å²) in [5.74, 6) is 2.39. The van der Waals surface area contributed by atoms with E-state index in [-0.39, 0.29) is 5.92 Å². The van der Waals surface area contributed by atoms with Gasteiger partial charge < -0.3 is 10.1 Å². The summed E-state index contributed by atoms with van der Waals surface area (Å²) in [5.41, 5.74) is 1.69. The fourth-order valence-corrected chi connectivity index (χ4v) is 2.42. The van der Waals surface area contributed by atoms with Crippen LogP contribution in [0.4, 0.5) is 11.5 Å². The summed E-state index contributed by atoms with van der Waals surface area (Å²) in [7, 11) is 1.63. The highest BCUT2D eigenvalue weighted by atomic mass is 79.9. The van der Waals surface area contributed by atoms with Crippen molar-refractivity contribution in [3.05, 3.63) is 39.2 Å². The Morgan fingerprint density at radius 3 is 2.57 bits per heavy atom. The van der Waals surface area contributed by atoms with E-state index in [2.05, 4.69) is 31.2 Å². The van der Waals surface area contributed by atoms with Crippen molar-refractivity contribution in [2.75, 3.05) is 12.4 Å². The van der Waals surface area contributed by atoms with E-state index in [9.17, 15) is 0 Å². The monoisotopic (exact) mass is 369 g/mol. The van der Waals surface area contributed by atoms with Crippen molar-refractivity contribution >= 4 is 39.0 Å². The van der Waals surface area contributed by atoms with Crippen molar-refractivity contribution < 1.29 is 4.74 Å². The minimum Gasteiger partial charge on any atom is -0.497 e. The molecule has 0 radical (unpaired) electrons. The zero-order valence-corrected chi connectivity index (χ0v) is 14.7. The Bertz CT molecular complexity index is 662. The van der Waals surface area contributed by atoms with Gasteiger partial charge >= 0.3 is 0 Å². The SMILES string of the molecule is COc1cc(Br)cc(Nc2nc(C(C)C)nc(Cl)c2C)c1. The van der Waals surface area contributed by atoms with Gasteiger partial charge in [0.1, 0.15) is 22.5 Å². The van der Waals surface area contributed by atoms with Crippen molar-refractivity contribution in [1.29, 1.82) is 0 Å². The first-order valence-electron chi connectivity index (χ1n) is 6.56. The summed E-state index contributed by atoms with van der Waals surface area (Å²) in [4.78, 5) is 8.86. The molecule has 21 heavy (non-hydrogen) atoms. The number of methoxy groups -OCH3 is 1. The highest BCUT2D eigenvalue weighted by Crippen LogP contribution is 2.29. The number of ether oxygens (including phenoxy) is 1. The van der Waals surface area contributed by atoms with Crippen LogP contribution < -0.4 is 10.1 Å². The van der Waals surface area contributed by atoms with Gasteiger partial charge in [-0.2, -0.15) is 0 Å². The lowest BCUT2D eigenvalue weighted by molar-refractivity contribution is 0.415. The van der Waals surface area contributed by atoms with Crippen LogP contribution in [-0.4, -0.2) is 17.1 Å². The van der Waals surface area contributed by atoms with E-state index >= 15 is 0 Å². The summed E-state index contributed by atoms with van der Waals surface area (Å²) in [6, 6.07) is 5.74. The van der Waals surface area contributed by atoms with Gasteiger partial charge in [0.15, 0.2) is 0 Å². The van der Waals surface area contributed by atoms with Gasteiger partial charge in [0.25, 0.3) is 0 Å². The number of rotatable bonds is 4. The van der Waals surface area contributed by atoms with E-state index in [1.54, 1.807) is 7.11 Å². The normalized spacial score (nSPS) is 10.8. The number of nitrogens with zero attached hydrogens (tertiary/aromatic N) is 2. The minimum atomic E-state index is 0.209. The molecule has 0 bridgehead atoms. The van der Waals surface area contributed by atoms with Crippen molar-refractivity contribution in [1.82, 2.24) is 9.97 Å². The van der Waals surface area contributed by atoms with Crippen LogP contribution in [0.5, 0.6) is 5.75 Å². The molecule has 4 nitrogen and oxygen atoms in total. The Labute approximate surface area is 138 Å². The first-order valence-corrected chi connectivity index (χ1v) is 7.73. The molecule has 0 unspecified atom stereocenters. The minimum absolute atomic E-state index is 0.209. The fraction of sp³-hybridized carbons (Fsp3) is 0.333. The van der Waals surface area contributed by atoms with Gasteiger partial charge in [0.05, 0.1) is 7.11 Å². The zero-order chi connectivity index (χ0) is 15.6. The second-order valence-corrected chi connectivity index (χ2v) is 6.28. The van der Waals surface area contributed by atoms with Gasteiger partial charge in [-0.25, -0.2) is 9.97 Å². The molecule has 112 valence electrons. The molecular formula is C15H17BrClN3O. The Kier molecular flexibility index (Phi) is 5.06. The predicted octanol–water partition coefficient (Wildman–Crippen LogP) is 5.08. The molecule has 0 amide bonds. The van der Waals surface area contributed by atoms with Gasteiger partial charge in [0.2, 0.25) is 0 Å². The lowest BCUT2D eigenvalue weighted by Gasteiger charge is -2.14. The topological polar surface area (TPSA) is 47.0 Å². The largest absolute Gasteiger partial charge is 0.497 e. The lowest BCUT2D eigenvalue weighted by Crippen LogP contribution is -2.05. The average molecular weight is 371 g/mol. The Hall–Kier alpha value is -1.33. The number of hydrogen-bond donors (Lipinski definition) is 1. The van der Waals surface area contributed by atoms with E-state index in [0.29, 0.717) is 11.0 Å². The van der Waals surface area contributed by atoms with E-state index in [4.69, 9.17) is 16.3 Å². The summed E-state index contributed by atoms with van der Waals surface area (Å²) in [6.07, 6.45) is 0. The van der Waals surface area contributed by atoms with Gasteiger partial charge in [-0.1, -0.05) is 41.4 Å². The molecule has 0 aliphatic rings. The molecule has 0 atom stereocenters. The maximum absolute atomic E-state index is 6.19. The summed E-state index contributed by atoms with van der Waals surface area (Å²) < 4.78 is 6.18. The Morgan fingerprint density at radius 1 is 1.24 bits per heavy atom. The predicted molar refractivity (Wildman–Crippen MR) is 89.8 cm³/mol. The van der Waals surface area contributed by atoms with Gasteiger partial charge in [0, 0.05) is 27.7 Å². The van der Waals surface area contributed by atoms with Crippen LogP contribution in [-0.2, 0) is 0 Å². The molecule has 0 saturated carbocycles. The molecule has 6 heteroatoms. The molecule has 1 aromatic heterocycles. The molecule has 2 rings (SSSR count). The fourth-order valence-electron chi connectivity index (χ4n) is 1.77. The molecule has 2 aromatic rings. The number of benzene rings is 1. The van der Waals surface area contributed by atoms with E-state index in [1.807, 2.05) is 39.0 Å². The quantitative estimate of drug-likeness (QED) is 0.763. The van der Waals surface area contributed by atoms with Gasteiger partial charge in [-0.3, -0.25) is 0 Å². The standard InChI is InChI=1S/C15H17BrClN3O/c1-8(2)14-19-13(17)9(3)15(20-14)18-11-5-10(16)6-12(7-11)21-4/h5-8H,1-4H3,(H,18,19,20). The highest BCUT2D eigenvalue weighted by Gasteiger charge is 2.12. The lowest BCUT2D eigenvalue weighted by atomic mass is 10.2. The van der Waals surface area contributed by atoms with Crippen molar-refractivity contribution in [2.24, 2.45) is 0 Å². The zero-order valence-electron chi connectivity index (χ0n) is 12.4. The van der Waals surface area contributed by atoms with E-state index < -0.39 is 0 Å². The first kappa shape index (κ1) is 16.0. The number of halogens is 2. The van der Waals surface area contributed by atoms with Crippen LogP contribution in [0, 0.1) is 6.92 Å². The highest BCUT2D eigenvalue weighted by molar-refractivity contribution is 9.10. The van der Waals surface area contributed by atoms with Gasteiger partial charge in [-0.15, -0.1) is 0 Å². The maximum atomic E-state index is 6.19. The average Bonchev–Trinajstić information content (AvgIpc) is 2.42. The second-order valence-electron chi connectivity index (χ2n) is 5.01. The van der Waals surface area contributed by atoms with Crippen molar-refractivity contribution in [3.8, 4) is 5.75 Å². The molecule has 0 aliphatic heterocycles. The third kappa shape index (κ3) is 3.86. The van der Waals surface area contributed by atoms with Crippen LogP contribution in [0.1, 0.15) is 31.2 Å². The van der Waals surface area contributed by atoms with Crippen LogP contribution in [0.25, 0.3) is 0 Å². The number of hydrogen-bond acceptors (Lipinski definition) is 4. The van der Waals surface area contributed by atoms with E-state index in [1.165, 1.54) is 0 Å². The summed E-state index contributed by atoms with van der Waals surface area (Å²) in [5, 5.41) is 3.75. The van der Waals surface area contributed by atoms with Crippen LogP contribution in [0.15, 0.2) is 22.7 Å².